The highest BCUT2D eigenvalue weighted by Gasteiger charge is 2.09. The standard InChI is InChI=1S/C18H12Cl3N3O2/c19-12-3-1-11(2-4-12)16-8-18(26)24(10-22-16)9-17(25)23-13-5-6-14(20)15(21)7-13/h1-8,10H,9H2,(H,23,25). The number of halogens is 3. The summed E-state index contributed by atoms with van der Waals surface area (Å²) in [5.74, 6) is -0.383. The van der Waals surface area contributed by atoms with Gasteiger partial charge in [-0.15, -0.1) is 0 Å². The number of benzene rings is 2. The van der Waals surface area contributed by atoms with Crippen molar-refractivity contribution in [1.82, 2.24) is 9.55 Å². The van der Waals surface area contributed by atoms with Crippen LogP contribution in [0.3, 0.4) is 0 Å². The Balaban J connectivity index is 1.73. The van der Waals surface area contributed by atoms with Gasteiger partial charge in [-0.1, -0.05) is 46.9 Å². The molecule has 1 amide bonds. The number of carbonyl (C=O) groups excluding carboxylic acids is 1. The largest absolute Gasteiger partial charge is 0.324 e. The van der Waals surface area contributed by atoms with Crippen LogP contribution in [0.4, 0.5) is 5.69 Å². The Kier molecular flexibility index (Phi) is 5.61. The zero-order valence-corrected chi connectivity index (χ0v) is 15.5. The second kappa shape index (κ2) is 7.91. The van der Waals surface area contributed by atoms with Crippen molar-refractivity contribution in [1.29, 1.82) is 0 Å². The minimum Gasteiger partial charge on any atom is -0.324 e. The lowest BCUT2D eigenvalue weighted by molar-refractivity contribution is -0.116. The molecule has 8 heteroatoms. The molecule has 3 rings (SSSR count). The minimum absolute atomic E-state index is 0.174. The summed E-state index contributed by atoms with van der Waals surface area (Å²) < 4.78 is 1.21. The molecule has 0 unspecified atom stereocenters. The highest BCUT2D eigenvalue weighted by Crippen LogP contribution is 2.25. The quantitative estimate of drug-likeness (QED) is 0.691. The smallest absolute Gasteiger partial charge is 0.254 e. The highest BCUT2D eigenvalue weighted by atomic mass is 35.5. The number of hydrogen-bond donors (Lipinski definition) is 1. The number of carbonyl (C=O) groups is 1. The third kappa shape index (κ3) is 4.43. The van der Waals surface area contributed by atoms with E-state index in [0.717, 1.165) is 5.56 Å². The highest BCUT2D eigenvalue weighted by molar-refractivity contribution is 6.42. The molecule has 0 saturated heterocycles. The summed E-state index contributed by atoms with van der Waals surface area (Å²) >= 11 is 17.6. The molecule has 132 valence electrons. The van der Waals surface area contributed by atoms with E-state index in [9.17, 15) is 9.59 Å². The summed E-state index contributed by atoms with van der Waals surface area (Å²) in [5, 5.41) is 3.97. The summed E-state index contributed by atoms with van der Waals surface area (Å²) in [6.45, 7) is -0.174. The van der Waals surface area contributed by atoms with Crippen molar-refractivity contribution in [3.63, 3.8) is 0 Å². The van der Waals surface area contributed by atoms with Crippen molar-refractivity contribution in [2.24, 2.45) is 0 Å². The fourth-order valence-corrected chi connectivity index (χ4v) is 2.68. The molecule has 0 aliphatic carbocycles. The van der Waals surface area contributed by atoms with E-state index in [2.05, 4.69) is 10.3 Å². The van der Waals surface area contributed by atoms with Gasteiger partial charge in [0.2, 0.25) is 5.91 Å². The van der Waals surface area contributed by atoms with Gasteiger partial charge in [0.15, 0.2) is 0 Å². The average molecular weight is 409 g/mol. The van der Waals surface area contributed by atoms with Crippen LogP contribution in [-0.2, 0) is 11.3 Å². The number of hydrogen-bond acceptors (Lipinski definition) is 3. The second-order valence-corrected chi connectivity index (χ2v) is 6.68. The minimum atomic E-state index is -0.383. The Labute approximate surface area is 164 Å². The Morgan fingerprint density at radius 3 is 2.38 bits per heavy atom. The van der Waals surface area contributed by atoms with Gasteiger partial charge < -0.3 is 5.32 Å². The number of rotatable bonds is 4. The van der Waals surface area contributed by atoms with Gasteiger partial charge in [-0.3, -0.25) is 14.2 Å². The average Bonchev–Trinajstić information content (AvgIpc) is 2.60. The molecule has 0 fully saturated rings. The molecule has 0 aliphatic rings. The number of aromatic nitrogens is 2. The van der Waals surface area contributed by atoms with Gasteiger partial charge in [0.1, 0.15) is 6.54 Å². The molecule has 1 aromatic heterocycles. The van der Waals surface area contributed by atoms with Crippen molar-refractivity contribution in [2.75, 3.05) is 5.32 Å². The Morgan fingerprint density at radius 1 is 1.00 bits per heavy atom. The summed E-state index contributed by atoms with van der Waals surface area (Å²) in [6, 6.07) is 13.1. The summed E-state index contributed by atoms with van der Waals surface area (Å²) in [6.07, 6.45) is 1.33. The van der Waals surface area contributed by atoms with E-state index in [-0.39, 0.29) is 18.0 Å². The predicted molar refractivity (Wildman–Crippen MR) is 104 cm³/mol. The zero-order chi connectivity index (χ0) is 18.7. The molecule has 0 radical (unpaired) electrons. The second-order valence-electron chi connectivity index (χ2n) is 5.42. The van der Waals surface area contributed by atoms with Gasteiger partial charge in [-0.2, -0.15) is 0 Å². The summed E-state index contributed by atoms with van der Waals surface area (Å²) in [5.41, 5.74) is 1.42. The Morgan fingerprint density at radius 2 is 1.73 bits per heavy atom. The molecular weight excluding hydrogens is 397 g/mol. The normalized spacial score (nSPS) is 10.6. The van der Waals surface area contributed by atoms with Crippen molar-refractivity contribution in [3.05, 3.63) is 80.3 Å². The number of amides is 1. The third-order valence-corrected chi connectivity index (χ3v) is 4.53. The van der Waals surface area contributed by atoms with Gasteiger partial charge in [-0.05, 0) is 30.3 Å². The van der Waals surface area contributed by atoms with Crippen LogP contribution in [-0.4, -0.2) is 15.5 Å². The molecule has 0 atom stereocenters. The molecule has 0 bridgehead atoms. The van der Waals surface area contributed by atoms with E-state index in [1.807, 2.05) is 0 Å². The maximum absolute atomic E-state index is 12.2. The monoisotopic (exact) mass is 407 g/mol. The van der Waals surface area contributed by atoms with Crippen LogP contribution < -0.4 is 10.9 Å². The number of nitrogens with one attached hydrogen (secondary N) is 1. The van der Waals surface area contributed by atoms with Crippen LogP contribution in [0.5, 0.6) is 0 Å². The molecule has 26 heavy (non-hydrogen) atoms. The maximum Gasteiger partial charge on any atom is 0.254 e. The molecule has 2 aromatic carbocycles. The number of anilines is 1. The topological polar surface area (TPSA) is 64.0 Å². The first-order valence-corrected chi connectivity index (χ1v) is 8.63. The van der Waals surface area contributed by atoms with Crippen LogP contribution >= 0.6 is 34.8 Å². The first kappa shape index (κ1) is 18.5. The molecule has 0 saturated carbocycles. The third-order valence-electron chi connectivity index (χ3n) is 3.54. The predicted octanol–water partition coefficient (Wildman–Crippen LogP) is 4.51. The molecule has 1 N–H and O–H groups in total. The lowest BCUT2D eigenvalue weighted by Gasteiger charge is -2.09. The van der Waals surface area contributed by atoms with Crippen LogP contribution in [0.1, 0.15) is 0 Å². The van der Waals surface area contributed by atoms with Crippen LogP contribution in [0.15, 0.2) is 59.7 Å². The fraction of sp³-hybridized carbons (Fsp3) is 0.0556. The van der Waals surface area contributed by atoms with Crippen molar-refractivity contribution < 1.29 is 4.79 Å². The van der Waals surface area contributed by atoms with E-state index < -0.39 is 0 Å². The summed E-state index contributed by atoms with van der Waals surface area (Å²) in [7, 11) is 0. The van der Waals surface area contributed by atoms with Crippen LogP contribution in [0.25, 0.3) is 11.3 Å². The van der Waals surface area contributed by atoms with Gasteiger partial charge >= 0.3 is 0 Å². The van der Waals surface area contributed by atoms with Crippen molar-refractivity contribution in [2.45, 2.75) is 6.54 Å². The van der Waals surface area contributed by atoms with Gasteiger partial charge in [0.05, 0.1) is 22.1 Å². The van der Waals surface area contributed by atoms with Crippen LogP contribution in [0, 0.1) is 0 Å². The van der Waals surface area contributed by atoms with E-state index in [4.69, 9.17) is 34.8 Å². The SMILES string of the molecule is O=C(Cn1cnc(-c2ccc(Cl)cc2)cc1=O)Nc1ccc(Cl)c(Cl)c1. The first-order valence-electron chi connectivity index (χ1n) is 7.50. The molecule has 1 heterocycles. The molecule has 0 spiro atoms. The lowest BCUT2D eigenvalue weighted by atomic mass is 10.1. The molecule has 0 aliphatic heterocycles. The van der Waals surface area contributed by atoms with Gasteiger partial charge in [-0.25, -0.2) is 4.98 Å². The molecule has 5 nitrogen and oxygen atoms in total. The molecule has 3 aromatic rings. The molecular formula is C18H12Cl3N3O2. The van der Waals surface area contributed by atoms with Crippen molar-refractivity contribution >= 4 is 46.4 Å². The lowest BCUT2D eigenvalue weighted by Crippen LogP contribution is -2.27. The number of nitrogens with zero attached hydrogens (tertiary/aromatic N) is 2. The van der Waals surface area contributed by atoms with Gasteiger partial charge in [0.25, 0.3) is 5.56 Å². The zero-order valence-electron chi connectivity index (χ0n) is 13.2. The van der Waals surface area contributed by atoms with E-state index >= 15 is 0 Å². The van der Waals surface area contributed by atoms with Crippen molar-refractivity contribution in [3.8, 4) is 11.3 Å². The maximum atomic E-state index is 12.2. The van der Waals surface area contributed by atoms with E-state index in [0.29, 0.717) is 26.4 Å². The fourth-order valence-electron chi connectivity index (χ4n) is 2.25. The summed E-state index contributed by atoms with van der Waals surface area (Å²) in [4.78, 5) is 28.6. The van der Waals surface area contributed by atoms with Gasteiger partial charge in [0, 0.05) is 22.3 Å². The van der Waals surface area contributed by atoms with Crippen LogP contribution in [0.2, 0.25) is 15.1 Å². The van der Waals surface area contributed by atoms with E-state index in [1.165, 1.54) is 23.0 Å². The Hall–Kier alpha value is -2.34. The Bertz CT molecular complexity index is 1020. The van der Waals surface area contributed by atoms with E-state index in [1.54, 1.807) is 36.4 Å². The first-order chi connectivity index (χ1) is 12.4.